The Morgan fingerprint density at radius 3 is 2.50 bits per heavy atom. The minimum absolute atomic E-state index is 0.0201. The molecule has 0 atom stereocenters. The largest absolute Gasteiger partial charge is 0.497 e. The van der Waals surface area contributed by atoms with Gasteiger partial charge in [0.2, 0.25) is 5.82 Å². The molecule has 0 aromatic heterocycles. The number of methoxy groups -OCH3 is 1. The van der Waals surface area contributed by atoms with Gasteiger partial charge in [0, 0.05) is 17.8 Å². The average Bonchev–Trinajstić information content (AvgIpc) is 2.48. The molecule has 1 amide bonds. The molecular formula is C14H10F2N2O4. The SMILES string of the molecule is COc1ccc(C(=O)Nc2ccc(F)c([N+](=O)[O-])c2)c(F)c1. The van der Waals surface area contributed by atoms with Crippen molar-refractivity contribution in [3.63, 3.8) is 0 Å². The van der Waals surface area contributed by atoms with Crippen LogP contribution in [0.1, 0.15) is 10.4 Å². The first-order valence-electron chi connectivity index (χ1n) is 6.01. The van der Waals surface area contributed by atoms with Crippen LogP contribution in [0.25, 0.3) is 0 Å². The van der Waals surface area contributed by atoms with Crippen LogP contribution in [0.15, 0.2) is 36.4 Å². The fraction of sp³-hybridized carbons (Fsp3) is 0.0714. The van der Waals surface area contributed by atoms with Crippen molar-refractivity contribution in [3.05, 3.63) is 63.7 Å². The van der Waals surface area contributed by atoms with Crippen molar-refractivity contribution in [1.82, 2.24) is 0 Å². The van der Waals surface area contributed by atoms with Crippen LogP contribution in [0.2, 0.25) is 0 Å². The monoisotopic (exact) mass is 308 g/mol. The van der Waals surface area contributed by atoms with Crippen molar-refractivity contribution in [1.29, 1.82) is 0 Å². The van der Waals surface area contributed by atoms with E-state index in [2.05, 4.69) is 5.32 Å². The number of nitrogens with one attached hydrogen (secondary N) is 1. The summed E-state index contributed by atoms with van der Waals surface area (Å²) in [6.07, 6.45) is 0. The molecule has 1 N–H and O–H groups in total. The molecule has 0 saturated carbocycles. The lowest BCUT2D eigenvalue weighted by Gasteiger charge is -2.07. The van der Waals surface area contributed by atoms with Gasteiger partial charge in [0.25, 0.3) is 5.91 Å². The first-order chi connectivity index (χ1) is 10.4. The second kappa shape index (κ2) is 6.17. The molecule has 22 heavy (non-hydrogen) atoms. The molecule has 2 aromatic carbocycles. The second-order valence-corrected chi connectivity index (χ2v) is 4.22. The van der Waals surface area contributed by atoms with E-state index in [1.54, 1.807) is 0 Å². The van der Waals surface area contributed by atoms with Crippen molar-refractivity contribution in [2.75, 3.05) is 12.4 Å². The topological polar surface area (TPSA) is 81.5 Å². The predicted octanol–water partition coefficient (Wildman–Crippen LogP) is 3.13. The van der Waals surface area contributed by atoms with Crippen LogP contribution >= 0.6 is 0 Å². The number of amides is 1. The van der Waals surface area contributed by atoms with E-state index in [9.17, 15) is 23.7 Å². The van der Waals surface area contributed by atoms with Gasteiger partial charge in [-0.2, -0.15) is 4.39 Å². The number of rotatable bonds is 4. The summed E-state index contributed by atoms with van der Waals surface area (Å²) in [5.41, 5.74) is -1.07. The van der Waals surface area contributed by atoms with E-state index in [1.807, 2.05) is 0 Å². The molecule has 0 aliphatic carbocycles. The van der Waals surface area contributed by atoms with Gasteiger partial charge in [0.1, 0.15) is 11.6 Å². The summed E-state index contributed by atoms with van der Waals surface area (Å²) < 4.78 is 31.8. The van der Waals surface area contributed by atoms with Gasteiger partial charge < -0.3 is 10.1 Å². The second-order valence-electron chi connectivity index (χ2n) is 4.22. The molecule has 0 spiro atoms. The van der Waals surface area contributed by atoms with Crippen LogP contribution in [0.5, 0.6) is 5.75 Å². The summed E-state index contributed by atoms with van der Waals surface area (Å²) in [5.74, 6) is -2.42. The maximum absolute atomic E-state index is 13.8. The van der Waals surface area contributed by atoms with E-state index >= 15 is 0 Å². The summed E-state index contributed by atoms with van der Waals surface area (Å²) in [6.45, 7) is 0. The van der Waals surface area contributed by atoms with Crippen LogP contribution < -0.4 is 10.1 Å². The average molecular weight is 308 g/mol. The predicted molar refractivity (Wildman–Crippen MR) is 74.0 cm³/mol. The highest BCUT2D eigenvalue weighted by Crippen LogP contribution is 2.23. The van der Waals surface area contributed by atoms with Crippen LogP contribution in [-0.2, 0) is 0 Å². The number of hydrogen-bond donors (Lipinski definition) is 1. The molecule has 0 heterocycles. The lowest BCUT2D eigenvalue weighted by atomic mass is 10.1. The number of nitro groups is 1. The smallest absolute Gasteiger partial charge is 0.306 e. The van der Waals surface area contributed by atoms with Gasteiger partial charge in [-0.15, -0.1) is 0 Å². The highest BCUT2D eigenvalue weighted by Gasteiger charge is 2.17. The molecule has 0 fully saturated rings. The molecular weight excluding hydrogens is 298 g/mol. The number of benzene rings is 2. The van der Waals surface area contributed by atoms with Crippen molar-refractivity contribution in [2.45, 2.75) is 0 Å². The minimum Gasteiger partial charge on any atom is -0.497 e. The Morgan fingerprint density at radius 2 is 1.91 bits per heavy atom. The third kappa shape index (κ3) is 3.17. The van der Waals surface area contributed by atoms with E-state index in [0.717, 1.165) is 24.3 Å². The van der Waals surface area contributed by atoms with Crippen LogP contribution in [-0.4, -0.2) is 17.9 Å². The Kier molecular flexibility index (Phi) is 4.31. The van der Waals surface area contributed by atoms with Gasteiger partial charge in [-0.25, -0.2) is 4.39 Å². The van der Waals surface area contributed by atoms with Gasteiger partial charge in [0.15, 0.2) is 0 Å². The minimum atomic E-state index is -1.03. The Bertz CT molecular complexity index is 750. The number of carbonyl (C=O) groups is 1. The molecule has 8 heteroatoms. The zero-order chi connectivity index (χ0) is 16.3. The van der Waals surface area contributed by atoms with Gasteiger partial charge in [-0.1, -0.05) is 0 Å². The summed E-state index contributed by atoms with van der Waals surface area (Å²) in [6, 6.07) is 6.48. The quantitative estimate of drug-likeness (QED) is 0.695. The molecule has 6 nitrogen and oxygen atoms in total. The summed E-state index contributed by atoms with van der Waals surface area (Å²) in [5, 5.41) is 12.9. The zero-order valence-corrected chi connectivity index (χ0v) is 11.3. The van der Waals surface area contributed by atoms with E-state index < -0.39 is 28.2 Å². The molecule has 0 radical (unpaired) electrons. The first kappa shape index (κ1) is 15.4. The Balaban J connectivity index is 2.26. The highest BCUT2D eigenvalue weighted by molar-refractivity contribution is 6.04. The molecule has 2 rings (SSSR count). The Morgan fingerprint density at radius 1 is 1.18 bits per heavy atom. The maximum Gasteiger partial charge on any atom is 0.306 e. The molecule has 0 bridgehead atoms. The third-order valence-electron chi connectivity index (χ3n) is 2.82. The normalized spacial score (nSPS) is 10.1. The van der Waals surface area contributed by atoms with E-state index in [4.69, 9.17) is 4.74 Å². The van der Waals surface area contributed by atoms with Crippen LogP contribution in [0.4, 0.5) is 20.2 Å². The van der Waals surface area contributed by atoms with E-state index in [-0.39, 0.29) is 17.0 Å². The van der Waals surface area contributed by atoms with Gasteiger partial charge >= 0.3 is 5.69 Å². The van der Waals surface area contributed by atoms with E-state index in [0.29, 0.717) is 0 Å². The molecule has 2 aromatic rings. The number of halogens is 2. The fourth-order valence-electron chi connectivity index (χ4n) is 1.74. The summed E-state index contributed by atoms with van der Waals surface area (Å²) >= 11 is 0. The van der Waals surface area contributed by atoms with Crippen LogP contribution in [0, 0.1) is 21.7 Å². The number of anilines is 1. The summed E-state index contributed by atoms with van der Waals surface area (Å²) in [4.78, 5) is 21.7. The van der Waals surface area contributed by atoms with Gasteiger partial charge in [-0.05, 0) is 24.3 Å². The zero-order valence-electron chi connectivity index (χ0n) is 11.3. The first-order valence-corrected chi connectivity index (χ1v) is 6.01. The van der Waals surface area contributed by atoms with Crippen molar-refractivity contribution in [2.24, 2.45) is 0 Å². The summed E-state index contributed by atoms with van der Waals surface area (Å²) in [7, 11) is 1.35. The molecule has 0 aliphatic rings. The highest BCUT2D eigenvalue weighted by atomic mass is 19.1. The van der Waals surface area contributed by atoms with E-state index in [1.165, 1.54) is 19.2 Å². The maximum atomic E-state index is 13.8. The lowest BCUT2D eigenvalue weighted by molar-refractivity contribution is -0.387. The standard InChI is InChI=1S/C14H10F2N2O4/c1-22-9-3-4-10(12(16)7-9)14(19)17-8-2-5-11(15)13(6-8)18(20)21/h2-7H,1H3,(H,17,19). The van der Waals surface area contributed by atoms with Crippen LogP contribution in [0.3, 0.4) is 0 Å². The van der Waals surface area contributed by atoms with Crippen molar-refractivity contribution >= 4 is 17.3 Å². The molecule has 0 unspecified atom stereocenters. The third-order valence-corrected chi connectivity index (χ3v) is 2.82. The molecule has 114 valence electrons. The lowest BCUT2D eigenvalue weighted by Crippen LogP contribution is -2.14. The Hall–Kier alpha value is -3.03. The Labute approximate surface area is 123 Å². The van der Waals surface area contributed by atoms with Gasteiger partial charge in [0.05, 0.1) is 17.6 Å². The number of nitro benzene ring substituents is 1. The molecule has 0 saturated heterocycles. The number of carbonyl (C=O) groups excluding carboxylic acids is 1. The van der Waals surface area contributed by atoms with Gasteiger partial charge in [-0.3, -0.25) is 14.9 Å². The number of hydrogen-bond acceptors (Lipinski definition) is 4. The van der Waals surface area contributed by atoms with Crippen molar-refractivity contribution < 1.29 is 23.2 Å². The molecule has 0 aliphatic heterocycles. The number of nitrogens with zero attached hydrogens (tertiary/aromatic N) is 1. The number of ether oxygens (including phenoxy) is 1. The van der Waals surface area contributed by atoms with Crippen molar-refractivity contribution in [3.8, 4) is 5.75 Å². The fourth-order valence-corrected chi connectivity index (χ4v) is 1.74.